The summed E-state index contributed by atoms with van der Waals surface area (Å²) < 4.78 is 10.4. The fraction of sp³-hybridized carbons (Fsp3) is 0.0833. The smallest absolute Gasteiger partial charge is 0.137 e. The average Bonchev–Trinajstić information content (AvgIpc) is 2.80. The Morgan fingerprint density at radius 1 is 1.38 bits per heavy atom. The zero-order chi connectivity index (χ0) is 11.4. The Hall–Kier alpha value is -1.92. The minimum atomic E-state index is 0.368. The quantitative estimate of drug-likeness (QED) is 0.816. The highest BCUT2D eigenvalue weighted by molar-refractivity contribution is 6.30. The van der Waals surface area contributed by atoms with Gasteiger partial charge in [-0.05, 0) is 24.3 Å². The zero-order valence-electron chi connectivity index (χ0n) is 8.31. The van der Waals surface area contributed by atoms with Gasteiger partial charge in [0.15, 0.2) is 0 Å². The van der Waals surface area contributed by atoms with Crippen LogP contribution in [0.5, 0.6) is 5.75 Å². The van der Waals surface area contributed by atoms with Gasteiger partial charge in [-0.25, -0.2) is 0 Å². The van der Waals surface area contributed by atoms with Crippen LogP contribution in [0, 0.1) is 11.3 Å². The fourth-order valence-electron chi connectivity index (χ4n) is 1.25. The van der Waals surface area contributed by atoms with Gasteiger partial charge in [-0.1, -0.05) is 11.6 Å². The van der Waals surface area contributed by atoms with Gasteiger partial charge in [-0.2, -0.15) is 5.26 Å². The molecular weight excluding hydrogens is 226 g/mol. The molecule has 3 nitrogen and oxygen atoms in total. The maximum atomic E-state index is 8.89. The molecule has 0 aliphatic carbocycles. The van der Waals surface area contributed by atoms with Crippen LogP contribution in [0.3, 0.4) is 0 Å². The first-order valence-corrected chi connectivity index (χ1v) is 5.01. The Kier molecular flexibility index (Phi) is 3.13. The van der Waals surface area contributed by atoms with Crippen molar-refractivity contribution in [2.45, 2.75) is 6.61 Å². The third-order valence-electron chi connectivity index (χ3n) is 2.04. The summed E-state index contributed by atoms with van der Waals surface area (Å²) in [6.07, 6.45) is 3.17. The third kappa shape index (κ3) is 2.36. The molecule has 80 valence electrons. The molecule has 0 amide bonds. The fourth-order valence-corrected chi connectivity index (χ4v) is 1.42. The van der Waals surface area contributed by atoms with E-state index < -0.39 is 0 Å². The van der Waals surface area contributed by atoms with Gasteiger partial charge in [0, 0.05) is 10.6 Å². The normalized spacial score (nSPS) is 9.75. The van der Waals surface area contributed by atoms with E-state index in [9.17, 15) is 0 Å². The average molecular weight is 234 g/mol. The lowest BCUT2D eigenvalue weighted by Gasteiger charge is -2.06. The lowest BCUT2D eigenvalue weighted by Crippen LogP contribution is -1.95. The molecule has 0 saturated heterocycles. The van der Waals surface area contributed by atoms with E-state index >= 15 is 0 Å². The van der Waals surface area contributed by atoms with E-state index in [1.54, 1.807) is 30.7 Å². The molecule has 1 heterocycles. The molecule has 0 fully saturated rings. The summed E-state index contributed by atoms with van der Waals surface area (Å²) in [5.41, 5.74) is 1.34. The summed E-state index contributed by atoms with van der Waals surface area (Å²) >= 11 is 5.77. The van der Waals surface area contributed by atoms with Crippen molar-refractivity contribution in [3.63, 3.8) is 0 Å². The van der Waals surface area contributed by atoms with Crippen LogP contribution >= 0.6 is 11.6 Å². The number of halogens is 1. The van der Waals surface area contributed by atoms with Crippen molar-refractivity contribution in [1.29, 1.82) is 5.26 Å². The highest BCUT2D eigenvalue weighted by Crippen LogP contribution is 2.22. The lowest BCUT2D eigenvalue weighted by atomic mass is 10.2. The van der Waals surface area contributed by atoms with Gasteiger partial charge in [0.2, 0.25) is 0 Å². The van der Waals surface area contributed by atoms with Crippen molar-refractivity contribution in [2.24, 2.45) is 0 Å². The minimum absolute atomic E-state index is 0.368. The molecule has 0 radical (unpaired) electrons. The van der Waals surface area contributed by atoms with Gasteiger partial charge in [0.05, 0.1) is 18.1 Å². The van der Waals surface area contributed by atoms with E-state index in [2.05, 4.69) is 0 Å². The third-order valence-corrected chi connectivity index (χ3v) is 2.27. The number of hydrogen-bond acceptors (Lipinski definition) is 3. The van der Waals surface area contributed by atoms with E-state index in [4.69, 9.17) is 26.0 Å². The van der Waals surface area contributed by atoms with Gasteiger partial charge in [-0.3, -0.25) is 0 Å². The highest BCUT2D eigenvalue weighted by atomic mass is 35.5. The van der Waals surface area contributed by atoms with E-state index in [1.165, 1.54) is 0 Å². The lowest BCUT2D eigenvalue weighted by molar-refractivity contribution is 0.304. The molecule has 2 aromatic rings. The molecule has 0 bridgehead atoms. The van der Waals surface area contributed by atoms with Crippen LogP contribution in [0.25, 0.3) is 0 Å². The largest absolute Gasteiger partial charge is 0.487 e. The summed E-state index contributed by atoms with van der Waals surface area (Å²) in [5, 5.41) is 9.41. The van der Waals surface area contributed by atoms with Gasteiger partial charge < -0.3 is 9.15 Å². The van der Waals surface area contributed by atoms with E-state index in [1.807, 2.05) is 12.1 Å². The molecular formula is C12H8ClNO2. The van der Waals surface area contributed by atoms with Crippen molar-refractivity contribution in [2.75, 3.05) is 0 Å². The maximum Gasteiger partial charge on any atom is 0.137 e. The summed E-state index contributed by atoms with van der Waals surface area (Å²) in [5.74, 6) is 0.521. The predicted molar refractivity (Wildman–Crippen MR) is 59.2 cm³/mol. The highest BCUT2D eigenvalue weighted by Gasteiger charge is 2.04. The van der Waals surface area contributed by atoms with Crippen LogP contribution < -0.4 is 4.74 Å². The summed E-state index contributed by atoms with van der Waals surface area (Å²) in [4.78, 5) is 0. The van der Waals surface area contributed by atoms with Crippen molar-refractivity contribution < 1.29 is 9.15 Å². The Balaban J connectivity index is 2.13. The second-order valence-electron chi connectivity index (χ2n) is 3.17. The van der Waals surface area contributed by atoms with Gasteiger partial charge in [-0.15, -0.1) is 0 Å². The molecule has 4 heteroatoms. The second kappa shape index (κ2) is 4.73. The van der Waals surface area contributed by atoms with Gasteiger partial charge in [0.1, 0.15) is 18.4 Å². The number of furan rings is 1. The number of ether oxygens (including phenoxy) is 1. The van der Waals surface area contributed by atoms with Crippen molar-refractivity contribution in [1.82, 2.24) is 0 Å². The van der Waals surface area contributed by atoms with Crippen LogP contribution in [-0.4, -0.2) is 0 Å². The van der Waals surface area contributed by atoms with Gasteiger partial charge in [0.25, 0.3) is 0 Å². The Morgan fingerprint density at radius 3 is 2.94 bits per heavy atom. The van der Waals surface area contributed by atoms with Crippen LogP contribution in [0.1, 0.15) is 11.1 Å². The molecule has 0 atom stereocenters. The molecule has 0 aliphatic heterocycles. The van der Waals surface area contributed by atoms with Crippen molar-refractivity contribution in [3.05, 3.63) is 52.9 Å². The SMILES string of the molecule is N#Cc1cc(Cl)ccc1OCc1ccoc1. The number of nitriles is 1. The van der Waals surface area contributed by atoms with Crippen molar-refractivity contribution in [3.8, 4) is 11.8 Å². The molecule has 0 N–H and O–H groups in total. The maximum absolute atomic E-state index is 8.89. The second-order valence-corrected chi connectivity index (χ2v) is 3.61. The molecule has 16 heavy (non-hydrogen) atoms. The first-order valence-electron chi connectivity index (χ1n) is 4.63. The minimum Gasteiger partial charge on any atom is -0.487 e. The molecule has 0 aliphatic rings. The molecule has 0 unspecified atom stereocenters. The van der Waals surface area contributed by atoms with E-state index in [0.29, 0.717) is 22.9 Å². The summed E-state index contributed by atoms with van der Waals surface area (Å²) in [6, 6.07) is 8.79. The summed E-state index contributed by atoms with van der Waals surface area (Å²) in [7, 11) is 0. The number of nitrogens with zero attached hydrogens (tertiary/aromatic N) is 1. The van der Waals surface area contributed by atoms with E-state index in [-0.39, 0.29) is 0 Å². The number of rotatable bonds is 3. The summed E-state index contributed by atoms with van der Waals surface area (Å²) in [6.45, 7) is 0.368. The predicted octanol–water partition coefficient (Wildman–Crippen LogP) is 3.38. The first kappa shape index (κ1) is 10.6. The Morgan fingerprint density at radius 2 is 2.25 bits per heavy atom. The van der Waals surface area contributed by atoms with Crippen LogP contribution in [0.2, 0.25) is 5.02 Å². The molecule has 1 aromatic heterocycles. The first-order chi connectivity index (χ1) is 7.79. The molecule has 1 aromatic carbocycles. The number of benzene rings is 1. The van der Waals surface area contributed by atoms with Crippen LogP contribution in [0.4, 0.5) is 0 Å². The zero-order valence-corrected chi connectivity index (χ0v) is 9.07. The monoisotopic (exact) mass is 233 g/mol. The Bertz CT molecular complexity index is 514. The van der Waals surface area contributed by atoms with Crippen molar-refractivity contribution >= 4 is 11.6 Å². The number of hydrogen-bond donors (Lipinski definition) is 0. The molecule has 2 rings (SSSR count). The molecule has 0 saturated carbocycles. The standard InChI is InChI=1S/C12H8ClNO2/c13-11-1-2-12(10(5-11)6-14)16-8-9-3-4-15-7-9/h1-5,7H,8H2. The van der Waals surface area contributed by atoms with Crippen LogP contribution in [0.15, 0.2) is 41.2 Å². The topological polar surface area (TPSA) is 46.2 Å². The van der Waals surface area contributed by atoms with Gasteiger partial charge >= 0.3 is 0 Å². The molecule has 0 spiro atoms. The van der Waals surface area contributed by atoms with E-state index in [0.717, 1.165) is 5.56 Å². The van der Waals surface area contributed by atoms with Crippen LogP contribution in [-0.2, 0) is 6.61 Å². The Labute approximate surface area is 97.8 Å².